The topological polar surface area (TPSA) is 482 Å². The van der Waals surface area contributed by atoms with E-state index in [-0.39, 0.29) is 109 Å². The first kappa shape index (κ1) is 68.5. The lowest BCUT2D eigenvalue weighted by atomic mass is 9.92. The molecule has 97 heavy (non-hydrogen) atoms. The quantitative estimate of drug-likeness (QED) is 0.0421. The minimum absolute atomic E-state index is 0.00867. The van der Waals surface area contributed by atoms with E-state index in [1.165, 1.54) is 66.7 Å². The van der Waals surface area contributed by atoms with Crippen molar-refractivity contribution >= 4 is 85.3 Å². The molecular formula is C64H57N15O18. The Labute approximate surface area is 547 Å². The molecule has 0 fully saturated rings. The van der Waals surface area contributed by atoms with Gasteiger partial charge in [-0.05, 0) is 91.4 Å². The van der Waals surface area contributed by atoms with E-state index in [1.807, 2.05) is 0 Å². The number of azo groups is 4. The maximum Gasteiger partial charge on any atom is 0.278 e. The molecule has 1 aliphatic rings. The van der Waals surface area contributed by atoms with E-state index in [0.29, 0.717) is 42.9 Å². The molecule has 0 radical (unpaired) electrons. The van der Waals surface area contributed by atoms with Gasteiger partial charge in [-0.3, -0.25) is 70.8 Å². The maximum absolute atomic E-state index is 12.5. The number of aryl methyl sites for hydroxylation is 2. The standard InChI is InChI=1S/C64H57N15O18/c80-61-38-13-10-8-6-4-2-1-3-5-7-9-11-14-39-21-48(67-70-51-29-55(74(86)87)35-56(30-51)75(88)89)23-41(62(39)81)18-43-25-50(69-72-53-33-59(78(94)95)37-60(34-53)79(96)97)27-45(64(43)83)19-44-26-49(68-71-52-31-57(76(90)91)36-58(32-52)77(92)93)24-42(63(44)82)17-40(61)22-47(20-38)66-65-46-15-12-16-54(28-46)73(84)85/h12,15-16,20-37,80-83H,1-11,13-14,17-19H2. The van der Waals surface area contributed by atoms with Gasteiger partial charge in [-0.2, -0.15) is 40.9 Å². The normalized spacial score (nSPS) is 13.7. The van der Waals surface area contributed by atoms with Crippen LogP contribution in [0.2, 0.25) is 0 Å². The first-order valence-electron chi connectivity index (χ1n) is 30.1. The second kappa shape index (κ2) is 31.2. The van der Waals surface area contributed by atoms with E-state index in [4.69, 9.17) is 0 Å². The van der Waals surface area contributed by atoms with Gasteiger partial charge in [-0.15, -0.1) is 0 Å². The molecule has 0 aromatic heterocycles. The van der Waals surface area contributed by atoms with Crippen LogP contribution in [0.4, 0.5) is 85.3 Å². The summed E-state index contributed by atoms with van der Waals surface area (Å²) in [4.78, 5) is 77.0. The van der Waals surface area contributed by atoms with Gasteiger partial charge < -0.3 is 20.4 Å². The van der Waals surface area contributed by atoms with Gasteiger partial charge in [0.2, 0.25) is 0 Å². The molecule has 33 heteroatoms. The number of nitro groups is 7. The van der Waals surface area contributed by atoms with E-state index < -0.39 is 86.5 Å². The molecule has 0 spiro atoms. The molecule has 0 saturated heterocycles. The third kappa shape index (κ3) is 18.3. The molecule has 0 amide bonds. The third-order valence-electron chi connectivity index (χ3n) is 15.6. The molecule has 4 N–H and O–H groups in total. The Morgan fingerprint density at radius 3 is 0.680 bits per heavy atom. The molecule has 0 atom stereocenters. The molecule has 9 rings (SSSR count). The molecule has 0 aliphatic heterocycles. The Morgan fingerprint density at radius 2 is 0.433 bits per heavy atom. The molecule has 8 aromatic carbocycles. The Bertz CT molecular complexity index is 4480. The number of non-ortho nitro benzene ring substituents is 7. The summed E-state index contributed by atoms with van der Waals surface area (Å²) in [6.45, 7) is 0. The molecule has 1 aliphatic carbocycles. The summed E-state index contributed by atoms with van der Waals surface area (Å²) in [6.07, 6.45) is 8.86. The van der Waals surface area contributed by atoms with Gasteiger partial charge >= 0.3 is 0 Å². The lowest BCUT2D eigenvalue weighted by Crippen LogP contribution is -1.99. The fraction of sp³-hybridized carbons (Fsp3) is 0.250. The van der Waals surface area contributed by atoms with Crippen LogP contribution in [0.3, 0.4) is 0 Å². The smallest absolute Gasteiger partial charge is 0.278 e. The predicted octanol–water partition coefficient (Wildman–Crippen LogP) is 18.7. The van der Waals surface area contributed by atoms with E-state index in [2.05, 4.69) is 40.9 Å². The minimum Gasteiger partial charge on any atom is -0.507 e. The van der Waals surface area contributed by atoms with Crippen LogP contribution in [-0.2, 0) is 32.1 Å². The first-order valence-corrected chi connectivity index (χ1v) is 30.1. The largest absolute Gasteiger partial charge is 0.507 e. The molecular weight excluding hydrogens is 1270 g/mol. The Hall–Kier alpha value is -12.8. The van der Waals surface area contributed by atoms with Crippen LogP contribution >= 0.6 is 0 Å². The van der Waals surface area contributed by atoms with Crippen LogP contribution in [0.1, 0.15) is 115 Å². The van der Waals surface area contributed by atoms with Gasteiger partial charge in [-0.25, -0.2) is 0 Å². The summed E-state index contributed by atoms with van der Waals surface area (Å²) in [5, 5.41) is 166. The zero-order chi connectivity index (χ0) is 69.4. The van der Waals surface area contributed by atoms with Crippen molar-refractivity contribution < 1.29 is 54.9 Å². The monoisotopic (exact) mass is 1320 g/mol. The zero-order valence-electron chi connectivity index (χ0n) is 51.2. The molecule has 0 unspecified atom stereocenters. The SMILES string of the molecule is O=[N+]([O-])c1cccc(N=Nc2cc3c(O)c(c2)Cc2cc(N=Nc4cc([N+](=O)[O-])cc([N+](=O)[O-])c4)cc(c2O)Cc2cc(N=Nc4cc([N+](=O)[O-])cc([N+](=O)[O-])c4)cc(c2O)Cc2cc(N=Nc4cc([N+](=O)[O-])cc([N+](=O)[O-])c4)cc(c2O)CCCCCCCCCCCCC3)c1. The summed E-state index contributed by atoms with van der Waals surface area (Å²) < 4.78 is 0. The van der Waals surface area contributed by atoms with Gasteiger partial charge in [0.15, 0.2) is 0 Å². The summed E-state index contributed by atoms with van der Waals surface area (Å²) in [5.74, 6) is -1.38. The number of hydrogen-bond donors (Lipinski definition) is 4. The van der Waals surface area contributed by atoms with Crippen molar-refractivity contribution in [1.82, 2.24) is 0 Å². The highest BCUT2D eigenvalue weighted by atomic mass is 16.7. The fourth-order valence-corrected chi connectivity index (χ4v) is 10.9. The number of fused-ring (bicyclic) bond motifs is 8. The molecule has 33 nitrogen and oxygen atoms in total. The summed E-state index contributed by atoms with van der Waals surface area (Å²) >= 11 is 0. The van der Waals surface area contributed by atoms with Crippen LogP contribution in [-0.4, -0.2) is 54.9 Å². The molecule has 0 heterocycles. The number of nitro benzene ring substituents is 7. The highest BCUT2D eigenvalue weighted by Crippen LogP contribution is 2.43. The van der Waals surface area contributed by atoms with Crippen LogP contribution < -0.4 is 0 Å². The molecule has 0 saturated carbocycles. The van der Waals surface area contributed by atoms with Crippen molar-refractivity contribution in [3.05, 3.63) is 243 Å². The van der Waals surface area contributed by atoms with E-state index in [9.17, 15) is 91.2 Å². The number of hydrogen-bond acceptors (Lipinski definition) is 26. The van der Waals surface area contributed by atoms with E-state index in [0.717, 1.165) is 106 Å². The average Bonchev–Trinajstić information content (AvgIpc) is 0.840. The van der Waals surface area contributed by atoms with Crippen LogP contribution in [0, 0.1) is 70.8 Å². The van der Waals surface area contributed by atoms with Crippen molar-refractivity contribution in [2.24, 2.45) is 40.9 Å². The predicted molar refractivity (Wildman–Crippen MR) is 348 cm³/mol. The van der Waals surface area contributed by atoms with Gasteiger partial charge in [0.1, 0.15) is 23.0 Å². The molecule has 8 bridgehead atoms. The van der Waals surface area contributed by atoms with Gasteiger partial charge in [0.05, 0.1) is 98.2 Å². The minimum atomic E-state index is -0.875. The van der Waals surface area contributed by atoms with Crippen molar-refractivity contribution in [3.63, 3.8) is 0 Å². The number of rotatable bonds is 15. The van der Waals surface area contributed by atoms with Crippen LogP contribution in [0.25, 0.3) is 0 Å². The van der Waals surface area contributed by atoms with E-state index >= 15 is 0 Å². The van der Waals surface area contributed by atoms with E-state index in [1.54, 1.807) is 6.07 Å². The highest BCUT2D eigenvalue weighted by molar-refractivity contribution is 5.64. The molecule has 8 aromatic rings. The summed E-state index contributed by atoms with van der Waals surface area (Å²) in [5.41, 5.74) is -3.97. The second-order valence-electron chi connectivity index (χ2n) is 22.6. The Kier molecular flexibility index (Phi) is 22.0. The second-order valence-corrected chi connectivity index (χ2v) is 22.6. The van der Waals surface area contributed by atoms with Crippen molar-refractivity contribution in [3.8, 4) is 23.0 Å². The highest BCUT2D eigenvalue weighted by Gasteiger charge is 2.24. The zero-order valence-corrected chi connectivity index (χ0v) is 51.2. The lowest BCUT2D eigenvalue weighted by Gasteiger charge is -2.17. The lowest BCUT2D eigenvalue weighted by molar-refractivity contribution is -0.394. The fourth-order valence-electron chi connectivity index (χ4n) is 10.9. The van der Waals surface area contributed by atoms with Gasteiger partial charge in [-0.1, -0.05) is 63.9 Å². The Morgan fingerprint density at radius 1 is 0.237 bits per heavy atom. The number of phenols is 4. The number of phenolic OH excluding ortho intramolecular Hbond substituents is 4. The summed E-state index contributed by atoms with van der Waals surface area (Å²) in [7, 11) is 0. The third-order valence-corrected chi connectivity index (χ3v) is 15.6. The maximum atomic E-state index is 12.5. The van der Waals surface area contributed by atoms with Crippen LogP contribution in [0.5, 0.6) is 23.0 Å². The first-order chi connectivity index (χ1) is 46.4. The van der Waals surface area contributed by atoms with Crippen molar-refractivity contribution in [2.75, 3.05) is 0 Å². The number of nitrogens with zero attached hydrogens (tertiary/aromatic N) is 15. The summed E-state index contributed by atoms with van der Waals surface area (Å²) in [6, 6.07) is 24.6. The Balaban J connectivity index is 1.23. The number of benzene rings is 8. The number of aromatic hydroxyl groups is 4. The van der Waals surface area contributed by atoms with Crippen molar-refractivity contribution in [2.45, 2.75) is 103 Å². The van der Waals surface area contributed by atoms with Gasteiger partial charge in [0.25, 0.3) is 39.8 Å². The van der Waals surface area contributed by atoms with Gasteiger partial charge in [0, 0.05) is 101 Å². The molecule has 496 valence electrons. The van der Waals surface area contributed by atoms with Crippen LogP contribution in [0.15, 0.2) is 168 Å². The van der Waals surface area contributed by atoms with Crippen molar-refractivity contribution in [1.29, 1.82) is 0 Å². The average molecular weight is 1320 g/mol.